The number of para-hydroxylation sites is 2. The van der Waals surface area contributed by atoms with Gasteiger partial charge in [-0.2, -0.15) is 0 Å². The van der Waals surface area contributed by atoms with E-state index in [0.717, 1.165) is 17.5 Å². The molecule has 0 radical (unpaired) electrons. The number of aliphatic carboxylic acids is 1. The van der Waals surface area contributed by atoms with Crippen molar-refractivity contribution in [3.63, 3.8) is 0 Å². The van der Waals surface area contributed by atoms with E-state index >= 15 is 0 Å². The van der Waals surface area contributed by atoms with Crippen molar-refractivity contribution in [2.24, 2.45) is 10.5 Å². The van der Waals surface area contributed by atoms with E-state index in [1.165, 1.54) is 0 Å². The number of fused-ring (bicyclic) bond motifs is 1. The SMILES string of the molecule is CC(C)(CN(Cc1ccccc1)C(=O)C(CC(=O)O)Cn1c(S(=O)Cc2ccccn2)nc2ccccc21)SN=O. The van der Waals surface area contributed by atoms with Crippen molar-refractivity contribution in [2.45, 2.75) is 49.0 Å². The third kappa shape index (κ3) is 8.08. The molecule has 0 aliphatic rings. The molecular weight excluding hydrogens is 562 g/mol. The van der Waals surface area contributed by atoms with E-state index in [-0.39, 0.29) is 30.5 Å². The van der Waals surface area contributed by atoms with Crippen molar-refractivity contribution in [3.8, 4) is 0 Å². The average Bonchev–Trinajstić information content (AvgIpc) is 3.31. The van der Waals surface area contributed by atoms with Gasteiger partial charge in [-0.05, 0) is 43.7 Å². The number of nitrogens with zero attached hydrogens (tertiary/aromatic N) is 5. The second-order valence-corrected chi connectivity index (χ2v) is 13.0. The highest BCUT2D eigenvalue weighted by molar-refractivity contribution is 7.99. The molecule has 2 atom stereocenters. The van der Waals surface area contributed by atoms with Crippen LogP contribution in [-0.4, -0.2) is 51.9 Å². The maximum atomic E-state index is 14.1. The Morgan fingerprint density at radius 1 is 1.07 bits per heavy atom. The Morgan fingerprint density at radius 3 is 2.46 bits per heavy atom. The molecule has 1 N–H and O–H groups in total. The second-order valence-electron chi connectivity index (χ2n) is 10.2. The number of imidazole rings is 1. The minimum Gasteiger partial charge on any atom is -0.481 e. The van der Waals surface area contributed by atoms with Crippen LogP contribution in [0.3, 0.4) is 0 Å². The summed E-state index contributed by atoms with van der Waals surface area (Å²) >= 11 is 0.828. The van der Waals surface area contributed by atoms with Gasteiger partial charge in [-0.25, -0.2) is 4.98 Å². The lowest BCUT2D eigenvalue weighted by Gasteiger charge is -2.33. The molecule has 0 bridgehead atoms. The molecule has 2 aromatic heterocycles. The van der Waals surface area contributed by atoms with Crippen molar-refractivity contribution in [1.82, 2.24) is 19.4 Å². The third-order valence-electron chi connectivity index (χ3n) is 6.39. The molecule has 0 fully saturated rings. The first-order valence-corrected chi connectivity index (χ1v) is 15.0. The van der Waals surface area contributed by atoms with Crippen molar-refractivity contribution >= 4 is 45.7 Å². The smallest absolute Gasteiger partial charge is 0.304 e. The Morgan fingerprint density at radius 2 is 1.78 bits per heavy atom. The quantitative estimate of drug-likeness (QED) is 0.159. The number of benzene rings is 2. The summed E-state index contributed by atoms with van der Waals surface area (Å²) in [6, 6.07) is 21.9. The molecular formula is C29H31N5O5S2. The highest BCUT2D eigenvalue weighted by Crippen LogP contribution is 2.29. The van der Waals surface area contributed by atoms with Crippen LogP contribution in [0, 0.1) is 10.8 Å². The highest BCUT2D eigenvalue weighted by atomic mass is 32.2. The Bertz CT molecular complexity index is 1530. The van der Waals surface area contributed by atoms with Gasteiger partial charge in [0.15, 0.2) is 5.16 Å². The van der Waals surface area contributed by atoms with Crippen LogP contribution < -0.4 is 0 Å². The van der Waals surface area contributed by atoms with E-state index in [1.807, 2.05) is 54.6 Å². The van der Waals surface area contributed by atoms with Crippen LogP contribution in [0.4, 0.5) is 0 Å². The molecule has 4 rings (SSSR count). The van der Waals surface area contributed by atoms with Crippen LogP contribution in [-0.2, 0) is 39.2 Å². The van der Waals surface area contributed by atoms with Gasteiger partial charge in [-0.1, -0.05) is 48.5 Å². The van der Waals surface area contributed by atoms with Gasteiger partial charge in [0.25, 0.3) is 0 Å². The van der Waals surface area contributed by atoms with Crippen LogP contribution in [0.5, 0.6) is 0 Å². The summed E-state index contributed by atoms with van der Waals surface area (Å²) in [5, 5.41) is 10.1. The summed E-state index contributed by atoms with van der Waals surface area (Å²) in [5.41, 5.74) is 2.73. The average molecular weight is 594 g/mol. The zero-order chi connectivity index (χ0) is 29.4. The molecule has 10 nitrogen and oxygen atoms in total. The normalized spacial score (nSPS) is 13.0. The standard InChI is InChI=1S/C29H31N5O5S2/c1-29(2,40-32-38)20-33(17-21-10-4-3-5-11-21)27(37)22(16-26(35)36)18-34-25-14-7-6-13-24(25)31-28(34)41(39)19-23-12-8-9-15-30-23/h3-15,22H,16-20H2,1-2H3,(H,35,36). The molecule has 1 amide bonds. The number of carboxylic acids is 1. The lowest BCUT2D eigenvalue weighted by atomic mass is 10.0. The molecule has 0 aliphatic carbocycles. The molecule has 0 saturated carbocycles. The Balaban J connectivity index is 1.71. The van der Waals surface area contributed by atoms with Gasteiger partial charge in [0.05, 0.1) is 50.4 Å². The number of rotatable bonds is 14. The molecule has 4 aromatic rings. The summed E-state index contributed by atoms with van der Waals surface area (Å²) in [6.45, 7) is 3.95. The fraction of sp³-hybridized carbons (Fsp3) is 0.310. The van der Waals surface area contributed by atoms with Gasteiger partial charge in [0.1, 0.15) is 0 Å². The van der Waals surface area contributed by atoms with E-state index < -0.39 is 39.8 Å². The Kier molecular flexibility index (Phi) is 10.0. The molecule has 214 valence electrons. The fourth-order valence-corrected chi connectivity index (χ4v) is 6.21. The molecule has 0 spiro atoms. The van der Waals surface area contributed by atoms with Gasteiger partial charge in [-0.3, -0.25) is 18.8 Å². The number of amides is 1. The number of carboxylic acid groups (broad SMARTS) is 1. The van der Waals surface area contributed by atoms with Crippen LogP contribution in [0.1, 0.15) is 31.5 Å². The molecule has 12 heteroatoms. The summed E-state index contributed by atoms with van der Waals surface area (Å²) in [5.74, 6) is -2.40. The van der Waals surface area contributed by atoms with Gasteiger partial charge >= 0.3 is 5.97 Å². The van der Waals surface area contributed by atoms with E-state index in [0.29, 0.717) is 16.7 Å². The zero-order valence-corrected chi connectivity index (χ0v) is 24.4. The predicted octanol–water partition coefficient (Wildman–Crippen LogP) is 5.05. The highest BCUT2D eigenvalue weighted by Gasteiger charge is 2.33. The molecule has 0 aliphatic heterocycles. The molecule has 0 saturated heterocycles. The molecule has 2 heterocycles. The summed E-state index contributed by atoms with van der Waals surface area (Å²) in [4.78, 5) is 47.7. The number of pyridine rings is 1. The number of aromatic nitrogens is 3. The van der Waals surface area contributed by atoms with E-state index in [2.05, 4.69) is 14.6 Å². The minimum absolute atomic E-state index is 0.0419. The minimum atomic E-state index is -1.62. The lowest BCUT2D eigenvalue weighted by molar-refractivity contribution is -0.145. The van der Waals surface area contributed by atoms with E-state index in [1.54, 1.807) is 47.7 Å². The molecule has 41 heavy (non-hydrogen) atoms. The van der Waals surface area contributed by atoms with Gasteiger partial charge < -0.3 is 14.6 Å². The number of nitroso groups, excluding NO2 is 1. The Hall–Kier alpha value is -3.90. The lowest BCUT2D eigenvalue weighted by Crippen LogP contribution is -2.44. The van der Waals surface area contributed by atoms with E-state index in [4.69, 9.17) is 0 Å². The van der Waals surface area contributed by atoms with Crippen molar-refractivity contribution < 1.29 is 18.9 Å². The maximum absolute atomic E-state index is 14.1. The zero-order valence-electron chi connectivity index (χ0n) is 22.8. The fourth-order valence-electron chi connectivity index (χ4n) is 4.61. The number of hydrogen-bond donors (Lipinski definition) is 1. The first-order valence-electron chi connectivity index (χ1n) is 13.0. The summed E-state index contributed by atoms with van der Waals surface area (Å²) in [6.07, 6.45) is 1.18. The van der Waals surface area contributed by atoms with Crippen LogP contribution >= 0.6 is 11.9 Å². The monoisotopic (exact) mass is 593 g/mol. The van der Waals surface area contributed by atoms with Gasteiger partial charge in [-0.15, -0.1) is 4.91 Å². The van der Waals surface area contributed by atoms with Crippen LogP contribution in [0.2, 0.25) is 0 Å². The number of hydrogen-bond acceptors (Lipinski definition) is 8. The Labute approximate surface area is 244 Å². The summed E-state index contributed by atoms with van der Waals surface area (Å²) in [7, 11) is -1.62. The third-order valence-corrected chi connectivity index (χ3v) is 8.36. The number of carbonyl (C=O) groups excluding carboxylic acids is 1. The van der Waals surface area contributed by atoms with Gasteiger partial charge in [0, 0.05) is 42.4 Å². The number of carbonyl (C=O) groups is 2. The largest absolute Gasteiger partial charge is 0.481 e. The van der Waals surface area contributed by atoms with Gasteiger partial charge in [0.2, 0.25) is 5.91 Å². The molecule has 2 unspecified atom stereocenters. The first-order chi connectivity index (χ1) is 19.7. The van der Waals surface area contributed by atoms with Crippen molar-refractivity contribution in [1.29, 1.82) is 0 Å². The van der Waals surface area contributed by atoms with Crippen molar-refractivity contribution in [3.05, 3.63) is 95.2 Å². The van der Waals surface area contributed by atoms with E-state index in [9.17, 15) is 23.8 Å². The van der Waals surface area contributed by atoms with Crippen LogP contribution in [0.15, 0.2) is 88.7 Å². The molecule has 2 aromatic carbocycles. The second kappa shape index (κ2) is 13.6. The first kappa shape index (κ1) is 30.1. The maximum Gasteiger partial charge on any atom is 0.304 e. The predicted molar refractivity (Wildman–Crippen MR) is 159 cm³/mol. The van der Waals surface area contributed by atoms with Crippen LogP contribution in [0.25, 0.3) is 11.0 Å². The summed E-state index contributed by atoms with van der Waals surface area (Å²) < 4.78 is 17.5. The van der Waals surface area contributed by atoms with Crippen molar-refractivity contribution in [2.75, 3.05) is 6.54 Å². The topological polar surface area (TPSA) is 135 Å².